The topological polar surface area (TPSA) is 29.3 Å². The smallest absolute Gasteiger partial charge is 0.0116 e. The van der Waals surface area contributed by atoms with Crippen molar-refractivity contribution < 1.29 is 0 Å². The SMILES string of the molecule is CC1(C)CCN(CCCCN)CCS1. The van der Waals surface area contributed by atoms with E-state index in [1.165, 1.54) is 44.6 Å². The monoisotopic (exact) mass is 216 g/mol. The van der Waals surface area contributed by atoms with Crippen LogP contribution >= 0.6 is 11.8 Å². The van der Waals surface area contributed by atoms with Crippen LogP contribution in [0.4, 0.5) is 0 Å². The Morgan fingerprint density at radius 1 is 1.29 bits per heavy atom. The number of thioether (sulfide) groups is 1. The van der Waals surface area contributed by atoms with E-state index in [9.17, 15) is 0 Å². The molecule has 0 aromatic carbocycles. The summed E-state index contributed by atoms with van der Waals surface area (Å²) >= 11 is 2.12. The highest BCUT2D eigenvalue weighted by Gasteiger charge is 2.22. The largest absolute Gasteiger partial charge is 0.330 e. The lowest BCUT2D eigenvalue weighted by atomic mass is 10.1. The molecule has 0 aromatic rings. The van der Waals surface area contributed by atoms with Crippen LogP contribution in [0.3, 0.4) is 0 Å². The van der Waals surface area contributed by atoms with Crippen LogP contribution in [0, 0.1) is 0 Å². The summed E-state index contributed by atoms with van der Waals surface area (Å²) in [5, 5.41) is 0. The molecular weight excluding hydrogens is 192 g/mol. The molecular formula is C11H24N2S. The van der Waals surface area contributed by atoms with E-state index in [0.717, 1.165) is 6.54 Å². The Morgan fingerprint density at radius 3 is 2.79 bits per heavy atom. The van der Waals surface area contributed by atoms with E-state index < -0.39 is 0 Å². The van der Waals surface area contributed by atoms with Gasteiger partial charge >= 0.3 is 0 Å². The van der Waals surface area contributed by atoms with E-state index in [2.05, 4.69) is 30.5 Å². The first-order chi connectivity index (χ1) is 6.64. The van der Waals surface area contributed by atoms with Gasteiger partial charge in [0.1, 0.15) is 0 Å². The van der Waals surface area contributed by atoms with Gasteiger partial charge in [-0.2, -0.15) is 11.8 Å². The van der Waals surface area contributed by atoms with Gasteiger partial charge in [-0.05, 0) is 38.9 Å². The molecule has 3 heteroatoms. The summed E-state index contributed by atoms with van der Waals surface area (Å²) in [6, 6.07) is 0. The number of nitrogens with two attached hydrogens (primary N) is 1. The first-order valence-corrected chi connectivity index (χ1v) is 6.69. The second-order valence-corrected chi connectivity index (χ2v) is 6.50. The third kappa shape index (κ3) is 4.67. The molecule has 0 bridgehead atoms. The molecule has 0 saturated carbocycles. The lowest BCUT2D eigenvalue weighted by molar-refractivity contribution is 0.279. The van der Waals surface area contributed by atoms with Crippen molar-refractivity contribution in [3.05, 3.63) is 0 Å². The van der Waals surface area contributed by atoms with Gasteiger partial charge in [-0.25, -0.2) is 0 Å². The molecule has 0 amide bonds. The highest BCUT2D eigenvalue weighted by molar-refractivity contribution is 8.00. The Kier molecular flexibility index (Phi) is 5.28. The third-order valence-corrected chi connectivity index (χ3v) is 4.23. The summed E-state index contributed by atoms with van der Waals surface area (Å²) in [6.07, 6.45) is 3.76. The summed E-state index contributed by atoms with van der Waals surface area (Å²) in [4.78, 5) is 2.59. The average molecular weight is 216 g/mol. The Morgan fingerprint density at radius 2 is 2.07 bits per heavy atom. The molecule has 2 nitrogen and oxygen atoms in total. The molecule has 84 valence electrons. The van der Waals surface area contributed by atoms with Gasteiger partial charge < -0.3 is 10.6 Å². The standard InChI is InChI=1S/C11H24N2S/c1-11(2)5-8-13(9-10-14-11)7-4-3-6-12/h3-10,12H2,1-2H3. The van der Waals surface area contributed by atoms with Crippen LogP contribution in [0.25, 0.3) is 0 Å². The van der Waals surface area contributed by atoms with Crippen LogP contribution < -0.4 is 5.73 Å². The van der Waals surface area contributed by atoms with Gasteiger partial charge in [-0.1, -0.05) is 13.8 Å². The molecule has 2 N–H and O–H groups in total. The van der Waals surface area contributed by atoms with Crippen molar-refractivity contribution >= 4 is 11.8 Å². The molecule has 14 heavy (non-hydrogen) atoms. The minimum atomic E-state index is 0.489. The molecule has 0 aliphatic carbocycles. The lowest BCUT2D eigenvalue weighted by Gasteiger charge is -2.22. The van der Waals surface area contributed by atoms with E-state index >= 15 is 0 Å². The predicted octanol–water partition coefficient (Wildman–Crippen LogP) is 1.94. The van der Waals surface area contributed by atoms with E-state index in [4.69, 9.17) is 5.73 Å². The van der Waals surface area contributed by atoms with E-state index in [-0.39, 0.29) is 0 Å². The maximum Gasteiger partial charge on any atom is 0.0116 e. The molecule has 1 fully saturated rings. The predicted molar refractivity (Wildman–Crippen MR) is 65.9 cm³/mol. The van der Waals surface area contributed by atoms with Gasteiger partial charge in [0.15, 0.2) is 0 Å². The second kappa shape index (κ2) is 5.99. The minimum absolute atomic E-state index is 0.489. The molecule has 1 rings (SSSR count). The molecule has 1 aliphatic rings. The van der Waals surface area contributed by atoms with Crippen LogP contribution in [-0.4, -0.2) is 41.6 Å². The molecule has 1 aliphatic heterocycles. The van der Waals surface area contributed by atoms with E-state index in [0.29, 0.717) is 4.75 Å². The van der Waals surface area contributed by atoms with Crippen molar-refractivity contribution in [1.82, 2.24) is 4.90 Å². The highest BCUT2D eigenvalue weighted by atomic mass is 32.2. The van der Waals surface area contributed by atoms with Crippen molar-refractivity contribution in [2.24, 2.45) is 5.73 Å². The van der Waals surface area contributed by atoms with Crippen molar-refractivity contribution in [1.29, 1.82) is 0 Å². The number of unbranched alkanes of at least 4 members (excludes halogenated alkanes) is 1. The van der Waals surface area contributed by atoms with Gasteiger partial charge in [0.05, 0.1) is 0 Å². The van der Waals surface area contributed by atoms with E-state index in [1.54, 1.807) is 0 Å². The first-order valence-electron chi connectivity index (χ1n) is 5.70. The van der Waals surface area contributed by atoms with Crippen molar-refractivity contribution in [3.8, 4) is 0 Å². The fourth-order valence-corrected chi connectivity index (χ4v) is 2.90. The summed E-state index contributed by atoms with van der Waals surface area (Å²) in [5.41, 5.74) is 5.50. The van der Waals surface area contributed by atoms with Crippen molar-refractivity contribution in [3.63, 3.8) is 0 Å². The summed E-state index contributed by atoms with van der Waals surface area (Å²) in [6.45, 7) is 9.34. The molecule has 0 radical (unpaired) electrons. The third-order valence-electron chi connectivity index (χ3n) is 2.86. The summed E-state index contributed by atoms with van der Waals surface area (Å²) in [7, 11) is 0. The van der Waals surface area contributed by atoms with Gasteiger partial charge in [0.25, 0.3) is 0 Å². The van der Waals surface area contributed by atoms with Crippen LogP contribution in [0.2, 0.25) is 0 Å². The number of rotatable bonds is 4. The van der Waals surface area contributed by atoms with Crippen LogP contribution in [0.1, 0.15) is 33.1 Å². The quantitative estimate of drug-likeness (QED) is 0.728. The van der Waals surface area contributed by atoms with Gasteiger partial charge in [-0.3, -0.25) is 0 Å². The zero-order valence-electron chi connectivity index (χ0n) is 9.59. The average Bonchev–Trinajstić information content (AvgIpc) is 2.28. The Balaban J connectivity index is 2.21. The van der Waals surface area contributed by atoms with Gasteiger partial charge in [0, 0.05) is 17.0 Å². The summed E-state index contributed by atoms with van der Waals surface area (Å²) < 4.78 is 0.489. The van der Waals surface area contributed by atoms with Crippen molar-refractivity contribution in [2.75, 3.05) is 31.9 Å². The number of hydrogen-bond donors (Lipinski definition) is 1. The molecule has 1 heterocycles. The van der Waals surface area contributed by atoms with Crippen LogP contribution in [0.15, 0.2) is 0 Å². The fourth-order valence-electron chi connectivity index (χ4n) is 1.77. The molecule has 0 atom stereocenters. The minimum Gasteiger partial charge on any atom is -0.330 e. The molecule has 0 unspecified atom stereocenters. The Bertz CT molecular complexity index is 159. The number of hydrogen-bond acceptors (Lipinski definition) is 3. The lowest BCUT2D eigenvalue weighted by Crippen LogP contribution is -2.28. The fraction of sp³-hybridized carbons (Fsp3) is 1.00. The molecule has 0 aromatic heterocycles. The second-order valence-electron chi connectivity index (χ2n) is 4.70. The zero-order chi connectivity index (χ0) is 10.4. The van der Waals surface area contributed by atoms with Crippen LogP contribution in [0.5, 0.6) is 0 Å². The maximum atomic E-state index is 5.50. The number of nitrogens with zero attached hydrogens (tertiary/aromatic N) is 1. The van der Waals surface area contributed by atoms with E-state index in [1.807, 2.05) is 0 Å². The van der Waals surface area contributed by atoms with Gasteiger partial charge in [0.2, 0.25) is 0 Å². The summed E-state index contributed by atoms with van der Waals surface area (Å²) in [5.74, 6) is 1.29. The van der Waals surface area contributed by atoms with Crippen LogP contribution in [-0.2, 0) is 0 Å². The zero-order valence-corrected chi connectivity index (χ0v) is 10.4. The normalized spacial score (nSPS) is 23.4. The molecule has 1 saturated heterocycles. The Hall–Kier alpha value is 0.270. The highest BCUT2D eigenvalue weighted by Crippen LogP contribution is 2.30. The maximum absolute atomic E-state index is 5.50. The van der Waals surface area contributed by atoms with Crippen molar-refractivity contribution in [2.45, 2.75) is 37.9 Å². The Labute approximate surface area is 92.6 Å². The molecule has 0 spiro atoms. The van der Waals surface area contributed by atoms with Gasteiger partial charge in [-0.15, -0.1) is 0 Å². The first kappa shape index (κ1) is 12.3.